The zero-order valence-corrected chi connectivity index (χ0v) is 14.5. The van der Waals surface area contributed by atoms with Gasteiger partial charge in [0.1, 0.15) is 5.82 Å². The van der Waals surface area contributed by atoms with Crippen molar-refractivity contribution in [1.82, 2.24) is 24.7 Å². The summed E-state index contributed by atoms with van der Waals surface area (Å²) < 4.78 is 1.53. The van der Waals surface area contributed by atoms with E-state index < -0.39 is 0 Å². The van der Waals surface area contributed by atoms with Crippen LogP contribution in [0.5, 0.6) is 0 Å². The van der Waals surface area contributed by atoms with E-state index in [1.54, 1.807) is 12.3 Å². The fourth-order valence-electron chi connectivity index (χ4n) is 3.00. The van der Waals surface area contributed by atoms with Crippen LogP contribution in [0.25, 0.3) is 16.9 Å². The van der Waals surface area contributed by atoms with E-state index in [4.69, 9.17) is 0 Å². The number of rotatable bonds is 4. The number of anilines is 1. The number of aromatic amines is 1. The Hall–Kier alpha value is -3.48. The van der Waals surface area contributed by atoms with Gasteiger partial charge in [0.15, 0.2) is 0 Å². The zero-order chi connectivity index (χ0) is 18.1. The molecule has 26 heavy (non-hydrogen) atoms. The molecule has 4 rings (SSSR count). The SMILES string of the molecule is Cc1cc(C)nc(-n2nccc2NC(=O)Cc2c[nH]c3ccccc23)n1. The number of carbonyl (C=O) groups is 1. The number of H-pyrrole nitrogens is 1. The first-order valence-electron chi connectivity index (χ1n) is 8.32. The number of nitrogens with zero attached hydrogens (tertiary/aromatic N) is 4. The molecule has 1 aromatic carbocycles. The monoisotopic (exact) mass is 346 g/mol. The average molecular weight is 346 g/mol. The van der Waals surface area contributed by atoms with Gasteiger partial charge in [-0.2, -0.15) is 9.78 Å². The summed E-state index contributed by atoms with van der Waals surface area (Å²) in [6, 6.07) is 11.5. The standard InChI is InChI=1S/C19H18N6O/c1-12-9-13(2)23-19(22-12)25-17(7-8-21-25)24-18(26)10-14-11-20-16-6-4-3-5-15(14)16/h3-9,11,20H,10H2,1-2H3,(H,24,26). The minimum Gasteiger partial charge on any atom is -0.361 e. The van der Waals surface area contributed by atoms with E-state index in [1.165, 1.54) is 4.68 Å². The Morgan fingerprint density at radius 3 is 2.73 bits per heavy atom. The van der Waals surface area contributed by atoms with Gasteiger partial charge < -0.3 is 10.3 Å². The third-order valence-corrected chi connectivity index (χ3v) is 4.10. The Bertz CT molecular complexity index is 1070. The Kier molecular flexibility index (Phi) is 3.96. The highest BCUT2D eigenvalue weighted by atomic mass is 16.1. The first-order chi connectivity index (χ1) is 12.6. The Morgan fingerprint density at radius 1 is 1.15 bits per heavy atom. The molecule has 0 fully saturated rings. The number of aryl methyl sites for hydroxylation is 2. The van der Waals surface area contributed by atoms with Crippen molar-refractivity contribution in [1.29, 1.82) is 0 Å². The molecule has 0 radical (unpaired) electrons. The molecule has 3 heterocycles. The highest BCUT2D eigenvalue weighted by molar-refractivity contribution is 5.95. The number of para-hydroxylation sites is 1. The van der Waals surface area contributed by atoms with Gasteiger partial charge in [0.25, 0.3) is 5.95 Å². The molecule has 0 aliphatic heterocycles. The largest absolute Gasteiger partial charge is 0.361 e. The Labute approximate surface area is 150 Å². The molecule has 4 aromatic rings. The molecule has 1 amide bonds. The molecule has 7 nitrogen and oxygen atoms in total. The summed E-state index contributed by atoms with van der Waals surface area (Å²) >= 11 is 0. The lowest BCUT2D eigenvalue weighted by molar-refractivity contribution is -0.115. The van der Waals surface area contributed by atoms with Crippen LogP contribution in [0, 0.1) is 13.8 Å². The predicted octanol–water partition coefficient (Wildman–Crippen LogP) is 2.94. The van der Waals surface area contributed by atoms with Gasteiger partial charge in [-0.25, -0.2) is 9.97 Å². The first kappa shape index (κ1) is 16.0. The van der Waals surface area contributed by atoms with E-state index in [2.05, 4.69) is 25.4 Å². The Morgan fingerprint density at radius 2 is 1.92 bits per heavy atom. The highest BCUT2D eigenvalue weighted by Crippen LogP contribution is 2.19. The molecule has 0 aliphatic rings. The summed E-state index contributed by atoms with van der Waals surface area (Å²) in [5.74, 6) is 0.857. The fourth-order valence-corrected chi connectivity index (χ4v) is 3.00. The number of hydrogen-bond donors (Lipinski definition) is 2. The quantitative estimate of drug-likeness (QED) is 0.595. The van der Waals surface area contributed by atoms with Gasteiger partial charge in [-0.15, -0.1) is 0 Å². The molecule has 130 valence electrons. The average Bonchev–Trinajstić information content (AvgIpc) is 3.21. The molecule has 0 saturated carbocycles. The van der Waals surface area contributed by atoms with Crippen molar-refractivity contribution in [3.63, 3.8) is 0 Å². The maximum absolute atomic E-state index is 12.5. The lowest BCUT2D eigenvalue weighted by Crippen LogP contribution is -2.18. The summed E-state index contributed by atoms with van der Waals surface area (Å²) in [5.41, 5.74) is 3.66. The summed E-state index contributed by atoms with van der Waals surface area (Å²) in [5, 5.41) is 8.19. The molecule has 2 N–H and O–H groups in total. The van der Waals surface area contributed by atoms with E-state index >= 15 is 0 Å². The van der Waals surface area contributed by atoms with Crippen molar-refractivity contribution in [2.45, 2.75) is 20.3 Å². The topological polar surface area (TPSA) is 88.5 Å². The number of fused-ring (bicyclic) bond motifs is 1. The molecule has 0 saturated heterocycles. The fraction of sp³-hybridized carbons (Fsp3) is 0.158. The van der Waals surface area contributed by atoms with Gasteiger partial charge in [-0.05, 0) is 31.5 Å². The van der Waals surface area contributed by atoms with Crippen LogP contribution in [0.2, 0.25) is 0 Å². The van der Waals surface area contributed by atoms with Gasteiger partial charge in [0.05, 0.1) is 12.6 Å². The predicted molar refractivity (Wildman–Crippen MR) is 99.3 cm³/mol. The normalized spacial score (nSPS) is 11.0. The van der Waals surface area contributed by atoms with Crippen molar-refractivity contribution < 1.29 is 4.79 Å². The second-order valence-corrected chi connectivity index (χ2v) is 6.16. The minimum absolute atomic E-state index is 0.124. The molecule has 0 aliphatic carbocycles. The van der Waals surface area contributed by atoms with Crippen LogP contribution in [0.3, 0.4) is 0 Å². The van der Waals surface area contributed by atoms with Crippen LogP contribution in [0.1, 0.15) is 17.0 Å². The van der Waals surface area contributed by atoms with Gasteiger partial charge in [0, 0.05) is 34.6 Å². The first-order valence-corrected chi connectivity index (χ1v) is 8.32. The van der Waals surface area contributed by atoms with Crippen molar-refractivity contribution in [3.05, 3.63) is 65.7 Å². The van der Waals surface area contributed by atoms with Crippen LogP contribution in [-0.2, 0) is 11.2 Å². The van der Waals surface area contributed by atoms with E-state index in [-0.39, 0.29) is 12.3 Å². The molecule has 0 atom stereocenters. The van der Waals surface area contributed by atoms with Crippen LogP contribution >= 0.6 is 0 Å². The van der Waals surface area contributed by atoms with Gasteiger partial charge in [0.2, 0.25) is 5.91 Å². The maximum Gasteiger partial charge on any atom is 0.252 e. The second-order valence-electron chi connectivity index (χ2n) is 6.16. The molecule has 7 heteroatoms. The third-order valence-electron chi connectivity index (χ3n) is 4.10. The maximum atomic E-state index is 12.5. The lowest BCUT2D eigenvalue weighted by atomic mass is 10.1. The molecule has 0 bridgehead atoms. The summed E-state index contributed by atoms with van der Waals surface area (Å²) in [4.78, 5) is 24.5. The highest BCUT2D eigenvalue weighted by Gasteiger charge is 2.13. The number of nitrogens with one attached hydrogen (secondary N) is 2. The van der Waals surface area contributed by atoms with Crippen LogP contribution in [0.15, 0.2) is 48.8 Å². The Balaban J connectivity index is 1.56. The van der Waals surface area contributed by atoms with E-state index in [9.17, 15) is 4.79 Å². The summed E-state index contributed by atoms with van der Waals surface area (Å²) in [6.45, 7) is 3.80. The second kappa shape index (κ2) is 6.44. The number of aromatic nitrogens is 5. The van der Waals surface area contributed by atoms with E-state index in [1.807, 2.05) is 50.4 Å². The minimum atomic E-state index is -0.124. The third kappa shape index (κ3) is 3.06. The van der Waals surface area contributed by atoms with Crippen molar-refractivity contribution in [2.24, 2.45) is 0 Å². The van der Waals surface area contributed by atoms with E-state index in [0.717, 1.165) is 27.9 Å². The van der Waals surface area contributed by atoms with Crippen LogP contribution in [-0.4, -0.2) is 30.6 Å². The molecule has 3 aromatic heterocycles. The van der Waals surface area contributed by atoms with E-state index in [0.29, 0.717) is 11.8 Å². The molecular formula is C19H18N6O. The smallest absolute Gasteiger partial charge is 0.252 e. The number of carbonyl (C=O) groups excluding carboxylic acids is 1. The van der Waals surface area contributed by atoms with Crippen LogP contribution in [0.4, 0.5) is 5.82 Å². The lowest BCUT2D eigenvalue weighted by Gasteiger charge is -2.08. The number of benzene rings is 1. The summed E-state index contributed by atoms with van der Waals surface area (Å²) in [7, 11) is 0. The molecule has 0 unspecified atom stereocenters. The van der Waals surface area contributed by atoms with Gasteiger partial charge >= 0.3 is 0 Å². The molecule has 0 spiro atoms. The van der Waals surface area contributed by atoms with Crippen molar-refractivity contribution in [2.75, 3.05) is 5.32 Å². The van der Waals surface area contributed by atoms with Crippen molar-refractivity contribution >= 4 is 22.6 Å². The molecular weight excluding hydrogens is 328 g/mol. The number of amides is 1. The number of hydrogen-bond acceptors (Lipinski definition) is 4. The summed E-state index contributed by atoms with van der Waals surface area (Å²) in [6.07, 6.45) is 3.75. The van der Waals surface area contributed by atoms with Crippen LogP contribution < -0.4 is 5.32 Å². The van der Waals surface area contributed by atoms with Crippen molar-refractivity contribution in [3.8, 4) is 5.95 Å². The zero-order valence-electron chi connectivity index (χ0n) is 14.5. The van der Waals surface area contributed by atoms with Gasteiger partial charge in [-0.1, -0.05) is 18.2 Å². The van der Waals surface area contributed by atoms with Gasteiger partial charge in [-0.3, -0.25) is 4.79 Å².